The lowest BCUT2D eigenvalue weighted by Gasteiger charge is -2.19. The predicted molar refractivity (Wildman–Crippen MR) is 135 cm³/mol. The Labute approximate surface area is 200 Å². The SMILES string of the molecule is C=C(N=CC)c1nn(C)c2c1C(c1cc3cnn(-c4ccc(F)cc4)c3cc1C)SCC(=O)N2. The maximum atomic E-state index is 13.4. The first-order valence-electron chi connectivity index (χ1n) is 10.8. The maximum Gasteiger partial charge on any atom is 0.235 e. The number of amides is 1. The van der Waals surface area contributed by atoms with Gasteiger partial charge in [-0.3, -0.25) is 14.5 Å². The van der Waals surface area contributed by atoms with Gasteiger partial charge in [0.15, 0.2) is 0 Å². The van der Waals surface area contributed by atoms with Crippen molar-refractivity contribution in [3.63, 3.8) is 0 Å². The Morgan fingerprint density at radius 1 is 1.32 bits per heavy atom. The fourth-order valence-electron chi connectivity index (χ4n) is 4.29. The zero-order valence-corrected chi connectivity index (χ0v) is 19.9. The summed E-state index contributed by atoms with van der Waals surface area (Å²) < 4.78 is 16.9. The van der Waals surface area contributed by atoms with Gasteiger partial charge in [-0.05, 0) is 61.4 Å². The minimum Gasteiger partial charge on any atom is -0.310 e. The van der Waals surface area contributed by atoms with E-state index < -0.39 is 0 Å². The summed E-state index contributed by atoms with van der Waals surface area (Å²) in [7, 11) is 1.81. The van der Waals surface area contributed by atoms with E-state index in [1.165, 1.54) is 12.1 Å². The Balaban J connectivity index is 1.67. The first kappa shape index (κ1) is 22.1. The molecule has 0 aliphatic carbocycles. The molecule has 0 bridgehead atoms. The van der Waals surface area contributed by atoms with Crippen LogP contribution in [0.1, 0.15) is 34.6 Å². The minimum absolute atomic E-state index is 0.0734. The van der Waals surface area contributed by atoms with Gasteiger partial charge in [0, 0.05) is 24.2 Å². The molecule has 4 aromatic rings. The summed E-state index contributed by atoms with van der Waals surface area (Å²) >= 11 is 1.55. The van der Waals surface area contributed by atoms with Gasteiger partial charge in [0.1, 0.15) is 17.3 Å². The molecule has 1 amide bonds. The topological polar surface area (TPSA) is 77.1 Å². The molecule has 7 nitrogen and oxygen atoms in total. The van der Waals surface area contributed by atoms with E-state index in [0.717, 1.165) is 33.3 Å². The summed E-state index contributed by atoms with van der Waals surface area (Å²) in [5.41, 5.74) is 5.92. The molecule has 1 atom stereocenters. The molecule has 0 spiro atoms. The van der Waals surface area contributed by atoms with Crippen LogP contribution < -0.4 is 5.32 Å². The lowest BCUT2D eigenvalue weighted by atomic mass is 9.97. The van der Waals surface area contributed by atoms with Crippen LogP contribution >= 0.6 is 11.8 Å². The van der Waals surface area contributed by atoms with E-state index in [0.29, 0.717) is 23.0 Å². The first-order chi connectivity index (χ1) is 16.4. The molecule has 172 valence electrons. The number of carbonyl (C=O) groups excluding carboxylic acids is 1. The van der Waals surface area contributed by atoms with Crippen LogP contribution in [0.5, 0.6) is 0 Å². The van der Waals surface area contributed by atoms with Gasteiger partial charge in [-0.2, -0.15) is 10.2 Å². The van der Waals surface area contributed by atoms with Crippen molar-refractivity contribution < 1.29 is 9.18 Å². The molecule has 2 aromatic heterocycles. The van der Waals surface area contributed by atoms with Gasteiger partial charge in [-0.25, -0.2) is 9.07 Å². The molecule has 5 rings (SSSR count). The second-order valence-corrected chi connectivity index (χ2v) is 9.20. The summed E-state index contributed by atoms with van der Waals surface area (Å²) in [6.45, 7) is 7.97. The van der Waals surface area contributed by atoms with E-state index in [2.05, 4.69) is 39.2 Å². The third-order valence-electron chi connectivity index (χ3n) is 5.85. The van der Waals surface area contributed by atoms with Crippen LogP contribution in [0, 0.1) is 12.7 Å². The van der Waals surface area contributed by atoms with Crippen LogP contribution in [0.4, 0.5) is 10.2 Å². The number of nitrogens with one attached hydrogen (secondary N) is 1. The second kappa shape index (κ2) is 8.57. The lowest BCUT2D eigenvalue weighted by Crippen LogP contribution is -2.15. The second-order valence-electron chi connectivity index (χ2n) is 8.11. The van der Waals surface area contributed by atoms with Crippen molar-refractivity contribution in [2.45, 2.75) is 19.1 Å². The Morgan fingerprint density at radius 2 is 2.09 bits per heavy atom. The number of fused-ring (bicyclic) bond motifs is 2. The monoisotopic (exact) mass is 474 g/mol. The number of aromatic nitrogens is 4. The number of hydrogen-bond donors (Lipinski definition) is 1. The van der Waals surface area contributed by atoms with Gasteiger partial charge in [0.05, 0.1) is 34.1 Å². The van der Waals surface area contributed by atoms with E-state index in [1.807, 2.05) is 13.8 Å². The van der Waals surface area contributed by atoms with E-state index >= 15 is 0 Å². The molecule has 1 aliphatic heterocycles. The average Bonchev–Trinajstić information content (AvgIpc) is 3.30. The number of aryl methyl sites for hydroxylation is 2. The highest BCUT2D eigenvalue weighted by molar-refractivity contribution is 8.00. The molecule has 0 fully saturated rings. The van der Waals surface area contributed by atoms with Crippen LogP contribution in [-0.2, 0) is 11.8 Å². The Morgan fingerprint density at radius 3 is 2.82 bits per heavy atom. The number of thioether (sulfide) groups is 1. The number of benzene rings is 2. The molecule has 9 heteroatoms. The first-order valence-corrected chi connectivity index (χ1v) is 11.8. The highest BCUT2D eigenvalue weighted by Gasteiger charge is 2.32. The number of anilines is 1. The highest BCUT2D eigenvalue weighted by Crippen LogP contribution is 2.46. The molecule has 1 N–H and O–H groups in total. The van der Waals surface area contributed by atoms with E-state index in [4.69, 9.17) is 0 Å². The predicted octanol–water partition coefficient (Wildman–Crippen LogP) is 5.04. The fraction of sp³-hybridized carbons (Fsp3) is 0.200. The van der Waals surface area contributed by atoms with E-state index in [9.17, 15) is 9.18 Å². The van der Waals surface area contributed by atoms with Crippen molar-refractivity contribution in [1.29, 1.82) is 0 Å². The van der Waals surface area contributed by atoms with Crippen LogP contribution in [0.2, 0.25) is 0 Å². The molecule has 34 heavy (non-hydrogen) atoms. The number of rotatable bonds is 4. The normalized spacial score (nSPS) is 16.0. The zero-order chi connectivity index (χ0) is 24.0. The van der Waals surface area contributed by atoms with Gasteiger partial charge < -0.3 is 5.32 Å². The molecular formula is C25H23FN6OS. The molecule has 0 saturated carbocycles. The Hall–Kier alpha value is -3.72. The van der Waals surface area contributed by atoms with Crippen molar-refractivity contribution in [3.8, 4) is 5.69 Å². The molecule has 2 aromatic carbocycles. The molecule has 1 unspecified atom stereocenters. The van der Waals surface area contributed by atoms with Crippen molar-refractivity contribution in [3.05, 3.63) is 77.4 Å². The van der Waals surface area contributed by atoms with Gasteiger partial charge >= 0.3 is 0 Å². The summed E-state index contributed by atoms with van der Waals surface area (Å²) in [6, 6.07) is 10.4. The summed E-state index contributed by atoms with van der Waals surface area (Å²) in [5, 5.41) is 13.0. The Kier molecular flexibility index (Phi) is 5.57. The third-order valence-corrected chi connectivity index (χ3v) is 7.10. The van der Waals surface area contributed by atoms with Crippen molar-refractivity contribution in [2.75, 3.05) is 11.1 Å². The number of halogens is 1. The minimum atomic E-state index is -0.288. The molecule has 3 heterocycles. The number of carbonyl (C=O) groups is 1. The molecule has 1 aliphatic rings. The summed E-state index contributed by atoms with van der Waals surface area (Å²) in [4.78, 5) is 16.8. The smallest absolute Gasteiger partial charge is 0.235 e. The fourth-order valence-corrected chi connectivity index (χ4v) is 5.50. The van der Waals surface area contributed by atoms with Crippen LogP contribution in [0.3, 0.4) is 0 Å². The molecule has 0 saturated heterocycles. The van der Waals surface area contributed by atoms with E-state index in [1.54, 1.807) is 52.7 Å². The van der Waals surface area contributed by atoms with Crippen molar-refractivity contribution in [2.24, 2.45) is 12.0 Å². The summed E-state index contributed by atoms with van der Waals surface area (Å²) in [6.07, 6.45) is 3.49. The highest BCUT2D eigenvalue weighted by atomic mass is 32.2. The van der Waals surface area contributed by atoms with Crippen molar-refractivity contribution in [1.82, 2.24) is 19.6 Å². The molecular weight excluding hydrogens is 451 g/mol. The molecule has 0 radical (unpaired) electrons. The number of nitrogens with zero attached hydrogens (tertiary/aromatic N) is 5. The van der Waals surface area contributed by atoms with E-state index in [-0.39, 0.29) is 17.0 Å². The van der Waals surface area contributed by atoms with Gasteiger partial charge in [0.2, 0.25) is 5.91 Å². The largest absolute Gasteiger partial charge is 0.310 e. The number of aliphatic imine (C=N–C) groups is 1. The standard InChI is InChI=1S/C25H23FN6OS/c1-5-27-15(3)23-22-24(34-13-21(33)29-25(22)31(4)30-23)19-11-16-12-28-32(20(16)10-14(19)2)18-8-6-17(26)7-9-18/h5-12,24H,3,13H2,1-2,4H3,(H,29,33). The number of hydrogen-bond acceptors (Lipinski definition) is 5. The lowest BCUT2D eigenvalue weighted by molar-refractivity contribution is -0.113. The van der Waals surface area contributed by atoms with Crippen LogP contribution in [0.25, 0.3) is 22.3 Å². The summed E-state index contributed by atoms with van der Waals surface area (Å²) in [5.74, 6) is 0.610. The quantitative estimate of drug-likeness (QED) is 0.420. The maximum absolute atomic E-state index is 13.4. The van der Waals surface area contributed by atoms with Crippen molar-refractivity contribution >= 4 is 46.3 Å². The van der Waals surface area contributed by atoms with Gasteiger partial charge in [-0.15, -0.1) is 11.8 Å². The average molecular weight is 475 g/mol. The third kappa shape index (κ3) is 3.71. The van der Waals surface area contributed by atoms with Gasteiger partial charge in [-0.1, -0.05) is 6.58 Å². The zero-order valence-electron chi connectivity index (χ0n) is 19.0. The Bertz CT molecular complexity index is 1470. The van der Waals surface area contributed by atoms with Crippen LogP contribution in [-0.4, -0.2) is 37.4 Å². The van der Waals surface area contributed by atoms with Gasteiger partial charge in [0.25, 0.3) is 0 Å². The van der Waals surface area contributed by atoms with Crippen LogP contribution in [0.15, 0.2) is 54.2 Å².